The normalized spacial score (nSPS) is 24.3. The lowest BCUT2D eigenvalue weighted by Crippen LogP contribution is -2.60. The highest BCUT2D eigenvalue weighted by molar-refractivity contribution is 7.91. The van der Waals surface area contributed by atoms with Crippen molar-refractivity contribution < 1.29 is 68.2 Å². The number of carbonyl (C=O) groups is 5. The zero-order valence-electron chi connectivity index (χ0n) is 34.6. The summed E-state index contributed by atoms with van der Waals surface area (Å²) in [7, 11) is -4.05. The fourth-order valence-corrected chi connectivity index (χ4v) is 8.82. The fourth-order valence-electron chi connectivity index (χ4n) is 7.46. The van der Waals surface area contributed by atoms with Crippen LogP contribution in [0.4, 0.5) is 47.3 Å². The zero-order chi connectivity index (χ0) is 45.7. The van der Waals surface area contributed by atoms with Crippen LogP contribution in [-0.4, -0.2) is 104 Å². The summed E-state index contributed by atoms with van der Waals surface area (Å²) in [4.78, 5) is 71.0. The summed E-state index contributed by atoms with van der Waals surface area (Å²) in [5.41, 5.74) is -5.34. The van der Waals surface area contributed by atoms with E-state index in [4.69, 9.17) is 9.47 Å². The van der Waals surface area contributed by atoms with Gasteiger partial charge in [-0.2, -0.15) is 26.3 Å². The van der Waals surface area contributed by atoms with Crippen LogP contribution >= 0.6 is 0 Å². The van der Waals surface area contributed by atoms with Crippen LogP contribution in [0, 0.1) is 17.3 Å². The van der Waals surface area contributed by atoms with E-state index in [2.05, 4.69) is 22.5 Å². The average molecular weight is 895 g/mol. The molecule has 5 unspecified atom stereocenters. The van der Waals surface area contributed by atoms with Crippen molar-refractivity contribution in [2.24, 2.45) is 17.3 Å². The van der Waals surface area contributed by atoms with Crippen LogP contribution in [0.25, 0.3) is 0 Å². The maximum Gasteiger partial charge on any atom is 0.416 e. The fraction of sp³-hybridized carbons (Fsp3) is 0.667. The second-order valence-corrected chi connectivity index (χ2v) is 20.0. The summed E-state index contributed by atoms with van der Waals surface area (Å²) in [6.45, 7) is 12.5. The Morgan fingerprint density at radius 1 is 0.934 bits per heavy atom. The van der Waals surface area contributed by atoms with Crippen molar-refractivity contribution in [3.8, 4) is 0 Å². The molecule has 2 saturated carbocycles. The molecular weight excluding hydrogens is 843 g/mol. The number of nitrogens with zero attached hydrogens (tertiary/aromatic N) is 2. The van der Waals surface area contributed by atoms with Gasteiger partial charge in [-0.05, 0) is 76.5 Å². The summed E-state index contributed by atoms with van der Waals surface area (Å²) in [5, 5.41) is 6.61. The molecule has 0 bridgehead atoms. The van der Waals surface area contributed by atoms with Gasteiger partial charge in [-0.3, -0.25) is 24.4 Å². The molecule has 2 aliphatic carbocycles. The van der Waals surface area contributed by atoms with Crippen molar-refractivity contribution in [2.45, 2.75) is 127 Å². The van der Waals surface area contributed by atoms with E-state index in [-0.39, 0.29) is 38.0 Å². The maximum absolute atomic E-state index is 14.4. The quantitative estimate of drug-likeness (QED) is 0.160. The van der Waals surface area contributed by atoms with Gasteiger partial charge in [0.15, 0.2) is 0 Å². The number of rotatable bonds is 11. The topological polar surface area (TPSA) is 193 Å². The number of hydrogen-bond donors (Lipinski definition) is 4. The van der Waals surface area contributed by atoms with Crippen LogP contribution in [-0.2, 0) is 40.1 Å². The number of anilines is 2. The molecule has 2 aliphatic heterocycles. The molecule has 5 amide bonds. The number of carbonyl (C=O) groups excluding carboxylic acids is 5. The number of piperidine rings is 1. The first-order valence-electron chi connectivity index (χ1n) is 19.8. The largest absolute Gasteiger partial charge is 0.444 e. The molecule has 4 fully saturated rings. The summed E-state index contributed by atoms with van der Waals surface area (Å²) >= 11 is 0. The number of alkyl halides is 6. The summed E-state index contributed by atoms with van der Waals surface area (Å²) in [5.74, 6) is -5.11. The molecule has 61 heavy (non-hydrogen) atoms. The van der Waals surface area contributed by atoms with Crippen LogP contribution in [0.2, 0.25) is 0 Å². The van der Waals surface area contributed by atoms with Gasteiger partial charge in [0, 0.05) is 25.4 Å². The van der Waals surface area contributed by atoms with Gasteiger partial charge in [-0.25, -0.2) is 18.0 Å². The van der Waals surface area contributed by atoms with E-state index in [1.807, 2.05) is 4.72 Å². The van der Waals surface area contributed by atoms with Gasteiger partial charge in [-0.1, -0.05) is 26.8 Å². The molecule has 0 aromatic heterocycles. The molecule has 1 aromatic carbocycles. The Kier molecular flexibility index (Phi) is 13.1. The third kappa shape index (κ3) is 11.4. The number of nitrogens with one attached hydrogen (secondary N) is 4. The van der Waals surface area contributed by atoms with Crippen molar-refractivity contribution in [1.82, 2.24) is 20.3 Å². The van der Waals surface area contributed by atoms with Crippen molar-refractivity contribution in [3.63, 3.8) is 0 Å². The Hall–Kier alpha value is -4.76. The van der Waals surface area contributed by atoms with Crippen LogP contribution in [0.5, 0.6) is 0 Å². The molecule has 4 aliphatic rings. The lowest BCUT2D eigenvalue weighted by Gasteiger charge is -2.36. The number of sulfonamides is 1. The third-order valence-corrected chi connectivity index (χ3v) is 12.8. The van der Waals surface area contributed by atoms with E-state index in [9.17, 15) is 58.7 Å². The lowest BCUT2D eigenvalue weighted by molar-refractivity contribution is -0.179. The molecule has 2 heterocycles. The number of likely N-dealkylation sites (tertiary alicyclic amines) is 1. The second-order valence-electron chi connectivity index (χ2n) is 18.1. The SMILES string of the molecule is C=CC1CC1(NC(=O)C1CC(OC(=O)Nc2cc(C(F)(F)F)ccc2N2CCC(C(F)(F)F)CC2)CN1C(=O)C(NC(=O)OC(C)(C)C)C(C)(C)C)C(=O)NS(=O)(=O)C1CC1. The van der Waals surface area contributed by atoms with E-state index >= 15 is 0 Å². The molecule has 1 aromatic rings. The van der Waals surface area contributed by atoms with Crippen LogP contribution in [0.1, 0.15) is 85.6 Å². The minimum Gasteiger partial charge on any atom is -0.444 e. The van der Waals surface area contributed by atoms with E-state index in [0.717, 1.165) is 17.0 Å². The molecule has 4 N–H and O–H groups in total. The van der Waals surface area contributed by atoms with Crippen molar-refractivity contribution in [2.75, 3.05) is 29.9 Å². The zero-order valence-corrected chi connectivity index (χ0v) is 35.4. The van der Waals surface area contributed by atoms with Gasteiger partial charge in [0.25, 0.3) is 5.91 Å². The molecule has 15 nitrogen and oxygen atoms in total. The van der Waals surface area contributed by atoms with Crippen LogP contribution < -0.4 is 25.6 Å². The van der Waals surface area contributed by atoms with E-state index in [0.29, 0.717) is 18.9 Å². The minimum atomic E-state index is -4.87. The maximum atomic E-state index is 14.4. The van der Waals surface area contributed by atoms with Gasteiger partial charge in [0.2, 0.25) is 21.8 Å². The second kappa shape index (κ2) is 16.8. The number of alkyl carbamates (subject to hydrolysis) is 1. The molecule has 340 valence electrons. The standard InChI is InChI=1S/C39H52F6N6O9S/c1-8-21-19-37(21,32(54)49-61(57,58)25-10-11-25)48-30(52)28-18-24(20-51(28)31(53)29(35(2,3)4)47-34(56)60-36(5,6)7)59-33(55)46-26-17-23(39(43,44)45)9-12-27(26)50-15-13-22(14-16-50)38(40,41)42/h8-9,12,17,21-22,24-25,28-29H,1,10-11,13-16,18-20H2,2-7H3,(H,46,55)(H,47,56)(H,48,52)(H,49,54). The Morgan fingerprint density at radius 2 is 1.56 bits per heavy atom. The van der Waals surface area contributed by atoms with Gasteiger partial charge in [0.05, 0.1) is 34.7 Å². The molecule has 22 heteroatoms. The summed E-state index contributed by atoms with van der Waals surface area (Å²) in [6, 6.07) is -0.493. The Morgan fingerprint density at radius 3 is 2.07 bits per heavy atom. The van der Waals surface area contributed by atoms with Crippen LogP contribution in [0.15, 0.2) is 30.9 Å². The Balaban J connectivity index is 1.41. The smallest absolute Gasteiger partial charge is 0.416 e. The van der Waals surface area contributed by atoms with E-state index < -0.39 is 128 Å². The highest BCUT2D eigenvalue weighted by Crippen LogP contribution is 2.46. The monoisotopic (exact) mass is 894 g/mol. The first-order valence-corrected chi connectivity index (χ1v) is 21.3. The predicted molar refractivity (Wildman–Crippen MR) is 208 cm³/mol. The number of amides is 5. The third-order valence-electron chi connectivity index (χ3n) is 11.0. The summed E-state index contributed by atoms with van der Waals surface area (Å²) in [6.07, 6.45) is -12.0. The van der Waals surface area contributed by atoms with Crippen molar-refractivity contribution in [3.05, 3.63) is 36.4 Å². The lowest BCUT2D eigenvalue weighted by atomic mass is 9.85. The summed E-state index contributed by atoms with van der Waals surface area (Å²) < 4.78 is 120. The predicted octanol–water partition coefficient (Wildman–Crippen LogP) is 5.61. The first-order chi connectivity index (χ1) is 27.9. The van der Waals surface area contributed by atoms with Gasteiger partial charge >= 0.3 is 24.5 Å². The van der Waals surface area contributed by atoms with E-state index in [1.54, 1.807) is 41.5 Å². The molecule has 5 atom stereocenters. The molecule has 2 saturated heterocycles. The number of halogens is 6. The molecule has 0 radical (unpaired) electrons. The van der Waals surface area contributed by atoms with E-state index in [1.165, 1.54) is 11.0 Å². The highest BCUT2D eigenvalue weighted by Gasteiger charge is 2.62. The first kappa shape index (κ1) is 47.3. The highest BCUT2D eigenvalue weighted by atomic mass is 32.2. The van der Waals surface area contributed by atoms with Crippen molar-refractivity contribution >= 4 is 51.3 Å². The van der Waals surface area contributed by atoms with Crippen LogP contribution in [0.3, 0.4) is 0 Å². The number of ether oxygens (including phenoxy) is 2. The molecule has 5 rings (SSSR count). The van der Waals surface area contributed by atoms with Gasteiger partial charge in [-0.15, -0.1) is 6.58 Å². The number of benzene rings is 1. The van der Waals surface area contributed by atoms with Gasteiger partial charge < -0.3 is 29.9 Å². The van der Waals surface area contributed by atoms with Crippen molar-refractivity contribution in [1.29, 1.82) is 0 Å². The Labute approximate surface area is 349 Å². The Bertz CT molecular complexity index is 2010. The average Bonchev–Trinajstić information content (AvgIpc) is 4.05. The number of hydrogen-bond acceptors (Lipinski definition) is 10. The minimum absolute atomic E-state index is 0.000715. The molecule has 0 spiro atoms. The molecular formula is C39H52F6N6O9S. The van der Waals surface area contributed by atoms with Gasteiger partial charge in [0.1, 0.15) is 29.3 Å².